The van der Waals surface area contributed by atoms with Crippen LogP contribution in [0.25, 0.3) is 0 Å². The van der Waals surface area contributed by atoms with Crippen LogP contribution in [0.2, 0.25) is 0 Å². The molecule has 0 spiro atoms. The molecular weight excluding hydrogens is 500 g/mol. The monoisotopic (exact) mass is 540 g/mol. The second-order valence-corrected chi connectivity index (χ2v) is 9.54. The highest BCUT2D eigenvalue weighted by molar-refractivity contribution is 6.34. The van der Waals surface area contributed by atoms with Crippen LogP contribution in [0.5, 0.6) is 0 Å². The molecule has 208 valence electrons. The van der Waals surface area contributed by atoms with Gasteiger partial charge in [0.05, 0.1) is 13.0 Å². The van der Waals surface area contributed by atoms with E-state index in [1.807, 2.05) is 30.4 Å². The number of halogens is 1. The molecule has 37 heavy (non-hydrogen) atoms. The summed E-state index contributed by atoms with van der Waals surface area (Å²) in [5, 5.41) is 20.0. The summed E-state index contributed by atoms with van der Waals surface area (Å²) in [6.45, 7) is 0.481. The average Bonchev–Trinajstić information content (AvgIpc) is 3.70. The minimum Gasteiger partial charge on any atom is -0.463 e. The number of aliphatic hydroxyl groups is 2. The largest absolute Gasteiger partial charge is 0.463 e. The quantitative estimate of drug-likeness (QED) is 0.160. The fourth-order valence-electron chi connectivity index (χ4n) is 4.35. The molecular formula is C26H41ClN4O6. The lowest BCUT2D eigenvalue weighted by molar-refractivity contribution is -0.152. The van der Waals surface area contributed by atoms with Crippen LogP contribution in [-0.4, -0.2) is 72.4 Å². The first-order chi connectivity index (χ1) is 17.2. The molecule has 1 heterocycles. The van der Waals surface area contributed by atoms with E-state index in [1.54, 1.807) is 12.2 Å². The zero-order chi connectivity index (χ0) is 26.7. The number of carbonyl (C=O) groups excluding carboxylic acids is 3. The highest BCUT2D eigenvalue weighted by Gasteiger charge is 2.32. The van der Waals surface area contributed by atoms with E-state index in [0.29, 0.717) is 24.3 Å². The second kappa shape index (κ2) is 16.5. The fourth-order valence-corrected chi connectivity index (χ4v) is 4.35. The van der Waals surface area contributed by atoms with Crippen LogP contribution in [0.1, 0.15) is 25.7 Å². The predicted molar refractivity (Wildman–Crippen MR) is 143 cm³/mol. The van der Waals surface area contributed by atoms with E-state index < -0.39 is 11.8 Å². The summed E-state index contributed by atoms with van der Waals surface area (Å²) in [6.07, 6.45) is 18.6. The number of aliphatic hydroxyl groups excluding tert-OH is 2. The predicted octanol–water partition coefficient (Wildman–Crippen LogP) is -0.121. The Morgan fingerprint density at radius 2 is 1.35 bits per heavy atom. The maximum Gasteiger partial charge on any atom is 0.374 e. The van der Waals surface area contributed by atoms with Gasteiger partial charge in [-0.3, -0.25) is 9.59 Å². The van der Waals surface area contributed by atoms with Crippen molar-refractivity contribution in [3.8, 4) is 0 Å². The summed E-state index contributed by atoms with van der Waals surface area (Å²) in [6, 6.07) is 0.635. The average molecular weight is 541 g/mol. The molecule has 1 aliphatic heterocycles. The van der Waals surface area contributed by atoms with Gasteiger partial charge in [0.1, 0.15) is 0 Å². The number of nitrogens with two attached hydrogens (primary N) is 3. The number of carbonyl (C=O) groups is 3. The van der Waals surface area contributed by atoms with Crippen LogP contribution < -0.4 is 22.5 Å². The number of amides is 1. The van der Waals surface area contributed by atoms with Gasteiger partial charge in [-0.05, 0) is 25.7 Å². The molecule has 5 rings (SSSR count). The van der Waals surface area contributed by atoms with E-state index >= 15 is 0 Å². The van der Waals surface area contributed by atoms with Crippen LogP contribution in [0.3, 0.4) is 0 Å². The standard InChI is InChI=1S/C8H11NO3.C6H7NO.2C6H11NO.ClH/c1-12-8(11)7(10)5-2-3-6(9)4-5;8-6-4-1-2-5(3-4)7-6;2*7-6-2-1-5(3-6)4-8;/h2-3,5-6H,4,9H2,1H3;1-2,4-5H,3H2,(H,7,8);2*1-2,5-6,8H,3-4,7H2;1H/t;;5-,6+;;/m..1../s1. The molecule has 1 fully saturated rings. The number of hydrogen-bond donors (Lipinski definition) is 6. The molecule has 10 nitrogen and oxygen atoms in total. The summed E-state index contributed by atoms with van der Waals surface area (Å²) in [4.78, 5) is 32.6. The number of rotatable bonds is 4. The number of ether oxygens (including phenoxy) is 1. The molecule has 4 aliphatic carbocycles. The first-order valence-corrected chi connectivity index (χ1v) is 12.3. The lowest BCUT2D eigenvalue weighted by Gasteiger charge is -2.05. The number of esters is 1. The number of allylic oxidation sites excluding steroid dienone is 1. The zero-order valence-corrected chi connectivity index (χ0v) is 22.0. The molecule has 0 saturated carbocycles. The molecule has 0 aromatic rings. The van der Waals surface area contributed by atoms with Crippen molar-refractivity contribution in [2.75, 3.05) is 20.3 Å². The van der Waals surface area contributed by atoms with Crippen molar-refractivity contribution >= 4 is 30.1 Å². The van der Waals surface area contributed by atoms with E-state index in [-0.39, 0.29) is 61.5 Å². The molecule has 1 amide bonds. The molecule has 2 bridgehead atoms. The van der Waals surface area contributed by atoms with Crippen molar-refractivity contribution < 1.29 is 29.3 Å². The molecule has 5 aliphatic rings. The lowest BCUT2D eigenvalue weighted by Crippen LogP contribution is -2.26. The number of hydrogen-bond acceptors (Lipinski definition) is 9. The molecule has 6 unspecified atom stereocenters. The minimum atomic E-state index is -0.793. The Balaban J connectivity index is 0.000000248. The van der Waals surface area contributed by atoms with E-state index in [0.717, 1.165) is 19.3 Å². The Morgan fingerprint density at radius 1 is 0.838 bits per heavy atom. The van der Waals surface area contributed by atoms with E-state index in [1.165, 1.54) is 7.11 Å². The summed E-state index contributed by atoms with van der Waals surface area (Å²) in [7, 11) is 1.19. The molecule has 11 heteroatoms. The first kappa shape index (κ1) is 32.7. The van der Waals surface area contributed by atoms with Crippen molar-refractivity contribution in [1.82, 2.24) is 5.32 Å². The third-order valence-electron chi connectivity index (χ3n) is 6.47. The van der Waals surface area contributed by atoms with Crippen molar-refractivity contribution in [2.24, 2.45) is 40.9 Å². The fraction of sp³-hybridized carbons (Fsp3) is 0.577. The lowest BCUT2D eigenvalue weighted by atomic mass is 10.0. The molecule has 1 saturated heterocycles. The molecule has 0 aromatic heterocycles. The Morgan fingerprint density at radius 3 is 1.59 bits per heavy atom. The maximum absolute atomic E-state index is 11.1. The number of methoxy groups -OCH3 is 1. The van der Waals surface area contributed by atoms with Gasteiger partial charge in [0.2, 0.25) is 11.7 Å². The van der Waals surface area contributed by atoms with Gasteiger partial charge in [-0.2, -0.15) is 0 Å². The van der Waals surface area contributed by atoms with Crippen LogP contribution in [0, 0.1) is 23.7 Å². The molecule has 0 radical (unpaired) electrons. The van der Waals surface area contributed by atoms with E-state index in [4.69, 9.17) is 27.4 Å². The van der Waals surface area contributed by atoms with Gasteiger partial charge in [0.25, 0.3) is 0 Å². The number of nitrogens with one attached hydrogen (secondary N) is 1. The number of ketones is 1. The van der Waals surface area contributed by atoms with Crippen molar-refractivity contribution in [3.63, 3.8) is 0 Å². The van der Waals surface area contributed by atoms with Crippen LogP contribution in [-0.2, 0) is 19.1 Å². The Bertz CT molecular complexity index is 851. The van der Waals surface area contributed by atoms with Crippen molar-refractivity contribution in [2.45, 2.75) is 49.9 Å². The van der Waals surface area contributed by atoms with Crippen LogP contribution in [0.15, 0.2) is 48.6 Å². The number of Topliss-reactive ketones (excluding diaryl/α,β-unsaturated/α-hetero) is 1. The summed E-state index contributed by atoms with van der Waals surface area (Å²) in [5.41, 5.74) is 16.5. The van der Waals surface area contributed by atoms with Gasteiger partial charge >= 0.3 is 5.97 Å². The Hall–Kier alpha value is -2.34. The molecule has 0 aromatic carbocycles. The topological polar surface area (TPSA) is 191 Å². The van der Waals surface area contributed by atoms with Crippen LogP contribution >= 0.6 is 12.4 Å². The highest BCUT2D eigenvalue weighted by atomic mass is 35.5. The summed E-state index contributed by atoms with van der Waals surface area (Å²) < 4.78 is 4.30. The summed E-state index contributed by atoms with van der Waals surface area (Å²) >= 11 is 0. The number of fused-ring (bicyclic) bond motifs is 2. The zero-order valence-electron chi connectivity index (χ0n) is 21.1. The van der Waals surface area contributed by atoms with Gasteiger partial charge < -0.3 is 37.5 Å². The first-order valence-electron chi connectivity index (χ1n) is 12.3. The van der Waals surface area contributed by atoms with Gasteiger partial charge in [-0.1, -0.05) is 48.6 Å². The SMILES string of the molecule is COC(=O)C(=O)C1C=CC(N)C1.Cl.NC1C=CC(CO)C1.N[C@H]1C=C[C@@H](CO)C1.O=C1NC2C=CC1C2. The third kappa shape index (κ3) is 10.9. The van der Waals surface area contributed by atoms with Gasteiger partial charge in [-0.15, -0.1) is 12.4 Å². The molecule has 9 N–H and O–H groups in total. The van der Waals surface area contributed by atoms with E-state index in [9.17, 15) is 14.4 Å². The molecule has 8 atom stereocenters. The highest BCUT2D eigenvalue weighted by Crippen LogP contribution is 2.24. The van der Waals surface area contributed by atoms with Crippen LogP contribution in [0.4, 0.5) is 0 Å². The van der Waals surface area contributed by atoms with E-state index in [2.05, 4.69) is 16.1 Å². The Labute approximate surface area is 224 Å². The summed E-state index contributed by atoms with van der Waals surface area (Å²) in [5.74, 6) is -0.625. The van der Waals surface area contributed by atoms with Gasteiger partial charge in [0, 0.05) is 55.1 Å². The second-order valence-electron chi connectivity index (χ2n) is 9.54. The van der Waals surface area contributed by atoms with Crippen molar-refractivity contribution in [3.05, 3.63) is 48.6 Å². The third-order valence-corrected chi connectivity index (χ3v) is 6.47. The van der Waals surface area contributed by atoms with Crippen molar-refractivity contribution in [1.29, 1.82) is 0 Å². The van der Waals surface area contributed by atoms with Gasteiger partial charge in [0.15, 0.2) is 0 Å². The maximum atomic E-state index is 11.1. The Kier molecular flexibility index (Phi) is 14.6. The van der Waals surface area contributed by atoms with Gasteiger partial charge in [-0.25, -0.2) is 4.79 Å². The minimum absolute atomic E-state index is 0. The smallest absolute Gasteiger partial charge is 0.374 e. The normalized spacial score (nSPS) is 33.3.